The number of nitrogens with two attached hydrogens (primary N) is 1. The molecule has 7 nitrogen and oxygen atoms in total. The SMILES string of the molecule is C[C@H](C(=O)N1CCCc2ccccc21)n1nc(-c2ccco2)cc(N)c1=O. The van der Waals surface area contributed by atoms with Crippen molar-refractivity contribution in [3.05, 3.63) is 64.6 Å². The third-order valence-electron chi connectivity index (χ3n) is 4.84. The van der Waals surface area contributed by atoms with E-state index in [9.17, 15) is 9.59 Å². The Balaban J connectivity index is 1.72. The average Bonchev–Trinajstić information content (AvgIpc) is 3.23. The predicted octanol–water partition coefficient (Wildman–Crippen LogP) is 2.63. The first-order valence-electron chi connectivity index (χ1n) is 8.89. The third kappa shape index (κ3) is 3.01. The molecule has 0 radical (unpaired) electrons. The molecule has 0 fully saturated rings. The van der Waals surface area contributed by atoms with Crippen LogP contribution >= 0.6 is 0 Å². The summed E-state index contributed by atoms with van der Waals surface area (Å²) >= 11 is 0. The number of hydrogen-bond acceptors (Lipinski definition) is 5. The molecule has 7 heteroatoms. The molecule has 138 valence electrons. The van der Waals surface area contributed by atoms with Crippen LogP contribution in [0.3, 0.4) is 0 Å². The molecule has 1 amide bonds. The quantitative estimate of drug-likeness (QED) is 0.771. The molecule has 2 N–H and O–H groups in total. The predicted molar refractivity (Wildman–Crippen MR) is 102 cm³/mol. The Hall–Kier alpha value is -3.35. The van der Waals surface area contributed by atoms with Crippen LogP contribution in [0.4, 0.5) is 11.4 Å². The summed E-state index contributed by atoms with van der Waals surface area (Å²) < 4.78 is 6.49. The van der Waals surface area contributed by atoms with Crippen molar-refractivity contribution in [3.8, 4) is 11.5 Å². The standard InChI is InChI=1S/C20H20N4O3/c1-13(19(25)23-10-4-7-14-6-2-3-8-17(14)23)24-20(26)15(21)12-16(22-24)18-9-5-11-27-18/h2-3,5-6,8-9,11-13H,4,7,10,21H2,1H3/t13-/m1/s1. The van der Waals surface area contributed by atoms with Gasteiger partial charge in [-0.25, -0.2) is 4.68 Å². The van der Waals surface area contributed by atoms with Crippen LogP contribution in [0.2, 0.25) is 0 Å². The number of furan rings is 1. The van der Waals surface area contributed by atoms with E-state index < -0.39 is 11.6 Å². The van der Waals surface area contributed by atoms with Gasteiger partial charge in [-0.15, -0.1) is 0 Å². The summed E-state index contributed by atoms with van der Waals surface area (Å²) in [5.41, 5.74) is 7.85. The fraction of sp³-hybridized carbons (Fsp3) is 0.250. The lowest BCUT2D eigenvalue weighted by Gasteiger charge is -2.31. The highest BCUT2D eigenvalue weighted by Gasteiger charge is 2.29. The molecule has 1 atom stereocenters. The summed E-state index contributed by atoms with van der Waals surface area (Å²) in [5, 5.41) is 4.33. The maximum atomic E-state index is 13.2. The third-order valence-corrected chi connectivity index (χ3v) is 4.84. The largest absolute Gasteiger partial charge is 0.463 e. The molecule has 1 aliphatic rings. The number of aromatic nitrogens is 2. The Morgan fingerprint density at radius 1 is 1.26 bits per heavy atom. The molecule has 0 unspecified atom stereocenters. The zero-order valence-corrected chi connectivity index (χ0v) is 15.0. The maximum Gasteiger partial charge on any atom is 0.290 e. The van der Waals surface area contributed by atoms with Gasteiger partial charge in [0.1, 0.15) is 17.4 Å². The molecule has 1 aromatic carbocycles. The van der Waals surface area contributed by atoms with Crippen LogP contribution in [0.1, 0.15) is 24.9 Å². The summed E-state index contributed by atoms with van der Waals surface area (Å²) in [5.74, 6) is 0.297. The molecule has 2 aromatic heterocycles. The van der Waals surface area contributed by atoms with E-state index in [1.165, 1.54) is 12.3 Å². The minimum absolute atomic E-state index is 0.0232. The van der Waals surface area contributed by atoms with Crippen molar-refractivity contribution >= 4 is 17.3 Å². The normalized spacial score (nSPS) is 14.6. The van der Waals surface area contributed by atoms with Crippen molar-refractivity contribution in [1.82, 2.24) is 9.78 Å². The second-order valence-electron chi connectivity index (χ2n) is 6.61. The topological polar surface area (TPSA) is 94.4 Å². The zero-order valence-electron chi connectivity index (χ0n) is 15.0. The molecule has 0 aliphatic carbocycles. The van der Waals surface area contributed by atoms with Gasteiger partial charge in [0, 0.05) is 12.2 Å². The zero-order chi connectivity index (χ0) is 19.0. The summed E-state index contributed by atoms with van der Waals surface area (Å²) in [7, 11) is 0. The highest BCUT2D eigenvalue weighted by molar-refractivity contribution is 5.97. The Labute approximate surface area is 156 Å². The van der Waals surface area contributed by atoms with Crippen molar-refractivity contribution < 1.29 is 9.21 Å². The molecule has 0 saturated carbocycles. The lowest BCUT2D eigenvalue weighted by molar-refractivity contribution is -0.121. The van der Waals surface area contributed by atoms with E-state index in [1.807, 2.05) is 24.3 Å². The number of para-hydroxylation sites is 1. The van der Waals surface area contributed by atoms with Crippen LogP contribution in [0, 0.1) is 0 Å². The number of anilines is 2. The monoisotopic (exact) mass is 364 g/mol. The van der Waals surface area contributed by atoms with Crippen LogP contribution < -0.4 is 16.2 Å². The van der Waals surface area contributed by atoms with Crippen molar-refractivity contribution in [1.29, 1.82) is 0 Å². The second kappa shape index (κ2) is 6.75. The fourth-order valence-electron chi connectivity index (χ4n) is 3.43. The number of aryl methyl sites for hydroxylation is 1. The first-order chi connectivity index (χ1) is 13.1. The molecule has 0 saturated heterocycles. The van der Waals surface area contributed by atoms with Gasteiger partial charge in [0.25, 0.3) is 11.5 Å². The average molecular weight is 364 g/mol. The van der Waals surface area contributed by atoms with E-state index >= 15 is 0 Å². The smallest absolute Gasteiger partial charge is 0.290 e. The lowest BCUT2D eigenvalue weighted by Crippen LogP contribution is -2.43. The van der Waals surface area contributed by atoms with Crippen molar-refractivity contribution in [3.63, 3.8) is 0 Å². The summed E-state index contributed by atoms with van der Waals surface area (Å²) in [6, 6.07) is 12.0. The number of carbonyl (C=O) groups excluding carboxylic acids is 1. The molecule has 0 bridgehead atoms. The van der Waals surface area contributed by atoms with Gasteiger partial charge in [-0.05, 0) is 49.6 Å². The van der Waals surface area contributed by atoms with Gasteiger partial charge >= 0.3 is 0 Å². The van der Waals surface area contributed by atoms with Crippen molar-refractivity contribution in [2.24, 2.45) is 0 Å². The van der Waals surface area contributed by atoms with Crippen molar-refractivity contribution in [2.75, 3.05) is 17.2 Å². The highest BCUT2D eigenvalue weighted by atomic mass is 16.3. The number of benzene rings is 1. The van der Waals surface area contributed by atoms with Crippen LogP contribution in [0.25, 0.3) is 11.5 Å². The first-order valence-corrected chi connectivity index (χ1v) is 8.89. The molecule has 0 spiro atoms. The Bertz CT molecular complexity index is 1040. The maximum absolute atomic E-state index is 13.2. The van der Waals surface area contributed by atoms with E-state index in [1.54, 1.807) is 24.0 Å². The first kappa shape index (κ1) is 17.1. The summed E-state index contributed by atoms with van der Waals surface area (Å²) in [6.45, 7) is 2.28. The van der Waals surface area contributed by atoms with E-state index in [0.717, 1.165) is 28.8 Å². The van der Waals surface area contributed by atoms with Gasteiger partial charge in [-0.3, -0.25) is 9.59 Å². The molecule has 1 aliphatic heterocycles. The van der Waals surface area contributed by atoms with E-state index in [-0.39, 0.29) is 11.6 Å². The Kier molecular flexibility index (Phi) is 4.27. The van der Waals surface area contributed by atoms with Crippen molar-refractivity contribution in [2.45, 2.75) is 25.8 Å². The Morgan fingerprint density at radius 2 is 2.07 bits per heavy atom. The van der Waals surface area contributed by atoms with Gasteiger partial charge < -0.3 is 15.1 Å². The Morgan fingerprint density at radius 3 is 2.85 bits per heavy atom. The second-order valence-corrected chi connectivity index (χ2v) is 6.61. The number of carbonyl (C=O) groups is 1. The number of nitrogen functional groups attached to an aromatic ring is 1. The van der Waals surface area contributed by atoms with Crippen LogP contribution in [-0.4, -0.2) is 22.2 Å². The molecular formula is C20H20N4O3. The minimum Gasteiger partial charge on any atom is -0.463 e. The summed E-state index contributed by atoms with van der Waals surface area (Å²) in [6.07, 6.45) is 3.34. The highest BCUT2D eigenvalue weighted by Crippen LogP contribution is 2.28. The lowest BCUT2D eigenvalue weighted by atomic mass is 10.0. The summed E-state index contributed by atoms with van der Waals surface area (Å²) in [4.78, 5) is 27.5. The van der Waals surface area contributed by atoms with Gasteiger partial charge in [0.05, 0.1) is 6.26 Å². The van der Waals surface area contributed by atoms with Crippen LogP contribution in [0.5, 0.6) is 0 Å². The number of hydrogen-bond donors (Lipinski definition) is 1. The van der Waals surface area contributed by atoms with Gasteiger partial charge in [0.15, 0.2) is 5.76 Å². The fourth-order valence-corrected chi connectivity index (χ4v) is 3.43. The van der Waals surface area contributed by atoms with E-state index in [2.05, 4.69) is 5.10 Å². The number of rotatable bonds is 3. The van der Waals surface area contributed by atoms with Gasteiger partial charge in [0.2, 0.25) is 0 Å². The molecule has 3 aromatic rings. The van der Waals surface area contributed by atoms with Crippen LogP contribution in [-0.2, 0) is 11.2 Å². The minimum atomic E-state index is -0.791. The number of amides is 1. The molecule has 27 heavy (non-hydrogen) atoms. The molecule has 3 heterocycles. The number of fused-ring (bicyclic) bond motifs is 1. The van der Waals surface area contributed by atoms with Crippen LogP contribution in [0.15, 0.2) is 57.9 Å². The number of nitrogens with zero attached hydrogens (tertiary/aromatic N) is 3. The van der Waals surface area contributed by atoms with E-state index in [4.69, 9.17) is 10.2 Å². The van der Waals surface area contributed by atoms with Gasteiger partial charge in [-0.2, -0.15) is 5.10 Å². The van der Waals surface area contributed by atoms with Gasteiger partial charge in [-0.1, -0.05) is 18.2 Å². The molecular weight excluding hydrogens is 344 g/mol. The molecule has 4 rings (SSSR count). The van der Waals surface area contributed by atoms with E-state index in [0.29, 0.717) is 18.0 Å².